The summed E-state index contributed by atoms with van der Waals surface area (Å²) in [5.74, 6) is 0. The molecule has 0 spiro atoms. The van der Waals surface area contributed by atoms with E-state index in [-0.39, 0.29) is 12.3 Å². The lowest BCUT2D eigenvalue weighted by Crippen LogP contribution is -1.92. The summed E-state index contributed by atoms with van der Waals surface area (Å²) in [6.45, 7) is 0. The number of halogens is 3. The van der Waals surface area contributed by atoms with Crippen LogP contribution in [-0.2, 0) is 22.0 Å². The molecule has 0 saturated carbocycles. The molecule has 0 saturated heterocycles. The molecule has 0 radical (unpaired) electrons. The molecule has 0 atom stereocenters. The first-order valence-electron chi connectivity index (χ1n) is 8.63. The maximum atomic E-state index is 10.6. The number of aryl methyl sites for hydroxylation is 2. The van der Waals surface area contributed by atoms with Crippen LogP contribution in [0.4, 0.5) is 0 Å². The smallest absolute Gasteiger partial charge is 0.324 e. The molecule has 0 aliphatic carbocycles. The Bertz CT molecular complexity index is 864. The molecule has 162 valence electrons. The van der Waals surface area contributed by atoms with E-state index >= 15 is 0 Å². The molecule has 0 aliphatic rings. The predicted molar refractivity (Wildman–Crippen MR) is 126 cm³/mol. The summed E-state index contributed by atoms with van der Waals surface area (Å²) in [5, 5.41) is 0. The fraction of sp³-hybridized carbons (Fsp3) is 0.333. The molecule has 0 aliphatic heterocycles. The minimum absolute atomic E-state index is 0.0386. The highest BCUT2D eigenvalue weighted by Crippen LogP contribution is 2.36. The van der Waals surface area contributed by atoms with Crippen molar-refractivity contribution in [3.8, 4) is 0 Å². The minimum atomic E-state index is -3.85. The van der Waals surface area contributed by atoms with Crippen LogP contribution in [0, 0.1) is 0 Å². The van der Waals surface area contributed by atoms with Crippen molar-refractivity contribution in [2.24, 2.45) is 0 Å². The Hall–Kier alpha value is 0.180. The van der Waals surface area contributed by atoms with Crippen molar-refractivity contribution < 1.29 is 28.7 Å². The van der Waals surface area contributed by atoms with Crippen molar-refractivity contribution in [1.82, 2.24) is 0 Å². The van der Waals surface area contributed by atoms with Gasteiger partial charge in [-0.15, -0.1) is 0 Å². The molecule has 6 nitrogen and oxygen atoms in total. The van der Waals surface area contributed by atoms with Gasteiger partial charge in [0.1, 0.15) is 0 Å². The van der Waals surface area contributed by atoms with E-state index in [2.05, 4.69) is 47.8 Å². The Morgan fingerprint density at radius 3 is 1.55 bits per heavy atom. The van der Waals surface area contributed by atoms with E-state index in [9.17, 15) is 9.13 Å². The Labute approximate surface area is 195 Å². The minimum Gasteiger partial charge on any atom is -0.324 e. The molecule has 0 bridgehead atoms. The van der Waals surface area contributed by atoms with Gasteiger partial charge in [0.2, 0.25) is 0 Å². The summed E-state index contributed by atoms with van der Waals surface area (Å²) < 4.78 is 24.1. The molecular formula is C18H23Br3O6P2. The highest BCUT2D eigenvalue weighted by atomic mass is 79.9. The molecule has 11 heteroatoms. The van der Waals surface area contributed by atoms with E-state index in [0.717, 1.165) is 24.5 Å². The lowest BCUT2D eigenvalue weighted by Gasteiger charge is -2.05. The van der Waals surface area contributed by atoms with E-state index < -0.39 is 15.2 Å². The average Bonchev–Trinajstić information content (AvgIpc) is 2.58. The summed E-state index contributed by atoms with van der Waals surface area (Å²) in [7, 11) is -7.67. The van der Waals surface area contributed by atoms with E-state index in [1.165, 1.54) is 0 Å². The monoisotopic (exact) mass is 634 g/mol. The maximum absolute atomic E-state index is 10.6. The molecule has 2 aromatic rings. The zero-order valence-electron chi connectivity index (χ0n) is 15.4. The van der Waals surface area contributed by atoms with Crippen LogP contribution in [0.3, 0.4) is 0 Å². The number of hydrogen-bond donors (Lipinski definition) is 4. The zero-order chi connectivity index (χ0) is 22.1. The lowest BCUT2D eigenvalue weighted by atomic mass is 10.1. The highest BCUT2D eigenvalue weighted by Gasteiger charge is 2.12. The van der Waals surface area contributed by atoms with Crippen molar-refractivity contribution >= 4 is 63.0 Å². The van der Waals surface area contributed by atoms with Gasteiger partial charge in [0.05, 0.1) is 12.3 Å². The first kappa shape index (κ1) is 27.2. The quantitative estimate of drug-likeness (QED) is 0.269. The third kappa shape index (κ3) is 14.0. The van der Waals surface area contributed by atoms with Crippen molar-refractivity contribution in [1.29, 1.82) is 0 Å². The van der Waals surface area contributed by atoms with Crippen LogP contribution in [0.1, 0.15) is 24.0 Å². The van der Waals surface area contributed by atoms with Gasteiger partial charge in [-0.1, -0.05) is 34.1 Å². The zero-order valence-corrected chi connectivity index (χ0v) is 22.0. The second-order valence-corrected chi connectivity index (χ2v) is 12.5. The van der Waals surface area contributed by atoms with Gasteiger partial charge in [0.15, 0.2) is 0 Å². The Balaban J connectivity index is 0.000000291. The van der Waals surface area contributed by atoms with E-state index in [4.69, 9.17) is 19.6 Å². The van der Waals surface area contributed by atoms with Crippen LogP contribution in [0.15, 0.2) is 55.9 Å². The van der Waals surface area contributed by atoms with Crippen LogP contribution in [0.25, 0.3) is 0 Å². The first-order valence-corrected chi connectivity index (χ1v) is 14.6. The SMILES string of the molecule is O=P(O)(O)CCCc1ccc(Br)c(Br)c1.O=P(O)(O)CCCc1ccc(Br)cc1. The molecule has 0 fully saturated rings. The van der Waals surface area contributed by atoms with E-state index in [1.54, 1.807) is 0 Å². The second kappa shape index (κ2) is 12.9. The molecule has 2 aromatic carbocycles. The average molecular weight is 637 g/mol. The van der Waals surface area contributed by atoms with Crippen LogP contribution in [0.5, 0.6) is 0 Å². The first-order chi connectivity index (χ1) is 13.4. The van der Waals surface area contributed by atoms with Gasteiger partial charge in [0.25, 0.3) is 0 Å². The fourth-order valence-electron chi connectivity index (χ4n) is 2.32. The summed E-state index contributed by atoms with van der Waals surface area (Å²) >= 11 is 10.1. The van der Waals surface area contributed by atoms with Crippen molar-refractivity contribution in [2.75, 3.05) is 12.3 Å². The summed E-state index contributed by atoms with van der Waals surface area (Å²) in [6.07, 6.45) is 2.31. The van der Waals surface area contributed by atoms with E-state index in [1.807, 2.05) is 42.5 Å². The number of rotatable bonds is 8. The van der Waals surface area contributed by atoms with Crippen molar-refractivity contribution in [3.63, 3.8) is 0 Å². The topological polar surface area (TPSA) is 115 Å². The van der Waals surface area contributed by atoms with Crippen LogP contribution >= 0.6 is 63.0 Å². The van der Waals surface area contributed by atoms with Gasteiger partial charge >= 0.3 is 15.2 Å². The van der Waals surface area contributed by atoms with Gasteiger partial charge in [-0.05, 0) is 92.9 Å². The summed E-state index contributed by atoms with van der Waals surface area (Å²) in [5.41, 5.74) is 2.17. The molecule has 0 unspecified atom stereocenters. The van der Waals surface area contributed by atoms with Crippen molar-refractivity contribution in [3.05, 3.63) is 67.0 Å². The predicted octanol–water partition coefficient (Wildman–Crippen LogP) is 5.88. The Kier molecular flexibility index (Phi) is 12.1. The normalized spacial score (nSPS) is 11.7. The van der Waals surface area contributed by atoms with E-state index in [0.29, 0.717) is 25.7 Å². The number of hydrogen-bond acceptors (Lipinski definition) is 2. The van der Waals surface area contributed by atoms with Gasteiger partial charge in [0, 0.05) is 13.4 Å². The molecule has 0 heterocycles. The van der Waals surface area contributed by atoms with Gasteiger partial charge in [-0.2, -0.15) is 0 Å². The van der Waals surface area contributed by atoms with Gasteiger partial charge in [-0.3, -0.25) is 9.13 Å². The highest BCUT2D eigenvalue weighted by molar-refractivity contribution is 9.13. The summed E-state index contributed by atoms with van der Waals surface area (Å²) in [4.78, 5) is 34.7. The standard InChI is InChI=1S/C9H11Br2O3P.C9H12BrO3P/c10-8-4-3-7(6-9(8)11)2-1-5-15(12,13)14;10-9-5-3-8(4-6-9)2-1-7-14(11,12)13/h3-4,6H,1-2,5H2,(H2,12,13,14);3-6H,1-2,7H2,(H2,11,12,13). The lowest BCUT2D eigenvalue weighted by molar-refractivity contribution is 0.369. The third-order valence-electron chi connectivity index (χ3n) is 3.73. The largest absolute Gasteiger partial charge is 0.325 e. The van der Waals surface area contributed by atoms with Crippen LogP contribution in [-0.4, -0.2) is 31.9 Å². The molecule has 4 N–H and O–H groups in total. The fourth-order valence-corrected chi connectivity index (χ4v) is 4.40. The van der Waals surface area contributed by atoms with Crippen LogP contribution < -0.4 is 0 Å². The molecule has 0 amide bonds. The Morgan fingerprint density at radius 1 is 0.655 bits per heavy atom. The van der Waals surface area contributed by atoms with Gasteiger partial charge < -0.3 is 19.6 Å². The van der Waals surface area contributed by atoms with Crippen LogP contribution in [0.2, 0.25) is 0 Å². The molecule has 2 rings (SSSR count). The maximum Gasteiger partial charge on any atom is 0.325 e. The second-order valence-electron chi connectivity index (χ2n) is 6.36. The summed E-state index contributed by atoms with van der Waals surface area (Å²) in [6, 6.07) is 13.5. The molecule has 29 heavy (non-hydrogen) atoms. The van der Waals surface area contributed by atoms with Gasteiger partial charge in [-0.25, -0.2) is 0 Å². The third-order valence-corrected chi connectivity index (χ3v) is 7.93. The Morgan fingerprint density at radius 2 is 1.10 bits per heavy atom. The molecule has 0 aromatic heterocycles. The molecular weight excluding hydrogens is 614 g/mol. The van der Waals surface area contributed by atoms with Crippen molar-refractivity contribution in [2.45, 2.75) is 25.7 Å². The number of benzene rings is 2.